The summed E-state index contributed by atoms with van der Waals surface area (Å²) in [6.07, 6.45) is -9.53. The van der Waals surface area contributed by atoms with E-state index in [-0.39, 0.29) is 88.7 Å². The Hall–Kier alpha value is -12.8. The van der Waals surface area contributed by atoms with E-state index in [1.54, 1.807) is 99.5 Å². The number of carbonyl (C=O) groups is 7. The predicted molar refractivity (Wildman–Crippen MR) is 454 cm³/mol. The summed E-state index contributed by atoms with van der Waals surface area (Å²) in [7, 11) is 0. The summed E-state index contributed by atoms with van der Waals surface area (Å²) in [6, 6.07) is 33.0. The van der Waals surface area contributed by atoms with Gasteiger partial charge in [0.05, 0.1) is 39.6 Å². The highest BCUT2D eigenvalue weighted by molar-refractivity contribution is 7.16. The van der Waals surface area contributed by atoms with Crippen LogP contribution in [0, 0.1) is 17.5 Å². The van der Waals surface area contributed by atoms with Crippen molar-refractivity contribution in [3.8, 4) is 89.8 Å². The number of amides is 1. The fourth-order valence-corrected chi connectivity index (χ4v) is 15.9. The molecule has 0 fully saturated rings. The van der Waals surface area contributed by atoms with Crippen LogP contribution >= 0.6 is 68.0 Å². The van der Waals surface area contributed by atoms with E-state index in [0.717, 1.165) is 62.8 Å². The van der Waals surface area contributed by atoms with Gasteiger partial charge in [-0.25, -0.2) is 41.9 Å². The third-order valence-electron chi connectivity index (χ3n) is 16.1. The summed E-state index contributed by atoms with van der Waals surface area (Å²) in [5.41, 5.74) is 43.7. The Labute approximate surface area is 715 Å². The number of nitrogens with two attached hydrogens (primary N) is 6. The number of rotatable bonds is 21. The SMILES string of the molecule is CCOC(=O)c1c(-c2ccc(F)c(F)c2)csc1N.CCOC(=O)c1c(-c2ccc(OC(F)(F)F)cc2)csc1N.CCOC(=O)c1c(-c2ccc3c(c2)OCO3)csc1N.CCOC(=O)c1c(-c2cccc(NC(C)=O)c2)csc1N.CCOC(=O)c1c(-c2cccc(OC(F)(F)F)c2)csc1N.CCOC(=O)c1c(-c2ccccc2F)csc1N. The molecule has 0 unspecified atom stereocenters. The van der Waals surface area contributed by atoms with E-state index in [4.69, 9.17) is 72.3 Å². The van der Waals surface area contributed by atoms with Crippen LogP contribution in [-0.2, 0) is 33.2 Å². The van der Waals surface area contributed by atoms with Gasteiger partial charge in [-0.2, -0.15) is 0 Å². The van der Waals surface area contributed by atoms with Crippen LogP contribution in [0.1, 0.15) is 111 Å². The number of nitrogens with one attached hydrogen (secondary N) is 1. The Kier molecular flexibility index (Phi) is 34.1. The third kappa shape index (κ3) is 25.4. The minimum absolute atomic E-state index is 0.149. The van der Waals surface area contributed by atoms with Crippen LogP contribution in [0.25, 0.3) is 66.8 Å². The number of carbonyl (C=O) groups excluding carboxylic acids is 7. The predicted octanol–water partition coefficient (Wildman–Crippen LogP) is 20.9. The number of alkyl halides is 6. The maximum atomic E-state index is 13.7. The van der Waals surface area contributed by atoms with Crippen molar-refractivity contribution >= 4 is 145 Å². The number of hydrogen-bond acceptors (Lipinski definition) is 29. The van der Waals surface area contributed by atoms with Gasteiger partial charge in [0.15, 0.2) is 23.1 Å². The first-order valence-electron chi connectivity index (χ1n) is 36.0. The molecule has 12 aromatic rings. The number of ether oxygens (including phenoxy) is 10. The number of thiophene rings is 6. The van der Waals surface area contributed by atoms with Gasteiger partial charge in [0, 0.05) is 83.8 Å². The maximum absolute atomic E-state index is 13.7. The summed E-state index contributed by atoms with van der Waals surface area (Å²) in [4.78, 5) is 82.6. The fourth-order valence-electron chi connectivity index (χ4n) is 11.1. The normalized spacial score (nSPS) is 11.0. The number of halogens is 9. The lowest BCUT2D eigenvalue weighted by atomic mass is 10.0. The molecular weight excluding hydrogens is 1730 g/mol. The number of hydrogen-bond donors (Lipinski definition) is 7. The molecule has 0 spiro atoms. The first kappa shape index (κ1) is 94.7. The molecule has 7 heterocycles. The highest BCUT2D eigenvalue weighted by atomic mass is 32.1. The molecule has 24 nitrogen and oxygen atoms in total. The molecule has 644 valence electrons. The molecule has 0 radical (unpaired) electrons. The lowest BCUT2D eigenvalue weighted by Gasteiger charge is -2.10. The van der Waals surface area contributed by atoms with Gasteiger partial charge in [-0.3, -0.25) is 4.79 Å². The first-order valence-corrected chi connectivity index (χ1v) is 41.3. The van der Waals surface area contributed by atoms with Crippen LogP contribution in [0.4, 0.5) is 75.2 Å². The highest BCUT2D eigenvalue weighted by Crippen LogP contribution is 2.44. The van der Waals surface area contributed by atoms with Gasteiger partial charge >= 0.3 is 48.5 Å². The number of anilines is 7. The summed E-state index contributed by atoms with van der Waals surface area (Å²) < 4.78 is 161. The molecule has 0 bridgehead atoms. The van der Waals surface area contributed by atoms with Gasteiger partial charge in [-0.1, -0.05) is 66.7 Å². The van der Waals surface area contributed by atoms with E-state index >= 15 is 0 Å². The molecule has 6 aromatic carbocycles. The van der Waals surface area contributed by atoms with Crippen LogP contribution in [-0.4, -0.2) is 101 Å². The molecule has 1 aliphatic heterocycles. The van der Waals surface area contributed by atoms with Crippen LogP contribution in [0.15, 0.2) is 166 Å². The second-order valence-corrected chi connectivity index (χ2v) is 29.7. The van der Waals surface area contributed by atoms with E-state index in [1.807, 2.05) is 41.1 Å². The van der Waals surface area contributed by atoms with E-state index in [2.05, 4.69) is 14.8 Å². The van der Waals surface area contributed by atoms with Gasteiger partial charge in [0.25, 0.3) is 0 Å². The first-order chi connectivity index (χ1) is 58.0. The van der Waals surface area contributed by atoms with E-state index in [0.29, 0.717) is 112 Å². The summed E-state index contributed by atoms with van der Waals surface area (Å²) >= 11 is 7.23. The third-order valence-corrected chi connectivity index (χ3v) is 21.0. The number of benzene rings is 6. The van der Waals surface area contributed by atoms with Crippen molar-refractivity contribution < 1.29 is 120 Å². The minimum atomic E-state index is -4.78. The molecule has 0 aliphatic carbocycles. The van der Waals surface area contributed by atoms with Gasteiger partial charge in [-0.15, -0.1) is 94.4 Å². The molecule has 39 heteroatoms. The number of fused-ring (bicyclic) bond motifs is 1. The summed E-state index contributed by atoms with van der Waals surface area (Å²) in [5.74, 6) is -4.89. The zero-order chi connectivity index (χ0) is 89.3. The van der Waals surface area contributed by atoms with E-state index in [1.165, 1.54) is 95.5 Å². The quantitative estimate of drug-likeness (QED) is 0.0200. The topological polar surface area (TPSA) is 380 Å². The second kappa shape index (κ2) is 43.9. The standard InChI is InChI=1S/C15H16N2O3S.2C14H12F3NO3S.C14H13NO4S.C13H11F2NO2S.C13H12FNO2S/c1-3-20-15(19)13-12(8-21-14(13)16)10-5-4-6-11(7-10)17-9(2)18;1-2-20-13(19)11-10(7-22-12(11)18)8-3-5-9(6-4-8)21-14(15,16)17;1-2-20-13(19)11-10(7-22-12(11)18)8-4-3-5-9(6-8)21-14(15,16)17;1-2-17-14(16)12-9(6-20-13(12)15)8-3-4-10-11(5-8)19-7-18-10;1-2-18-13(17)11-8(6-19-12(11)16)7-3-4-9(14)10(15)5-7;1-2-17-13(16)11-9(7-18-12(11)15)8-5-3-4-6-10(8)14/h4-8H,3,16H2,1-2H3,(H,17,18);2*3-7H,2,18H2,1H3;3-6H,2,7,15H2,1H3;3-6H,2,16H2,1H3;3-7H,2,15H2,1H3. The Morgan fingerprint density at radius 1 is 0.344 bits per heavy atom. The monoisotopic (exact) mass is 1810 g/mol. The van der Waals surface area contributed by atoms with Gasteiger partial charge in [-0.05, 0) is 136 Å². The summed E-state index contributed by atoms with van der Waals surface area (Å²) in [6.45, 7) is 13.3. The zero-order valence-corrected chi connectivity index (χ0v) is 70.3. The smallest absolute Gasteiger partial charge is 0.462 e. The lowest BCUT2D eigenvalue weighted by Crippen LogP contribution is -2.17. The molecule has 1 aliphatic rings. The average molecular weight is 1810 g/mol. The van der Waals surface area contributed by atoms with E-state index in [9.17, 15) is 73.1 Å². The Morgan fingerprint density at radius 3 is 1.07 bits per heavy atom. The van der Waals surface area contributed by atoms with Crippen molar-refractivity contribution in [1.29, 1.82) is 0 Å². The fraction of sp³-hybridized carbons (Fsp3) is 0.193. The highest BCUT2D eigenvalue weighted by Gasteiger charge is 2.34. The van der Waals surface area contributed by atoms with Gasteiger partial charge < -0.3 is 87.1 Å². The molecule has 13 rings (SSSR count). The van der Waals surface area contributed by atoms with Crippen LogP contribution in [0.5, 0.6) is 23.0 Å². The molecule has 6 aromatic heterocycles. The molecule has 0 saturated heterocycles. The molecular formula is C83H76F9N7O17S6. The van der Waals surface area contributed by atoms with Crippen molar-refractivity contribution in [2.75, 3.05) is 86.2 Å². The minimum Gasteiger partial charge on any atom is -0.462 e. The Balaban J connectivity index is 0.000000182. The molecule has 122 heavy (non-hydrogen) atoms. The van der Waals surface area contributed by atoms with Crippen molar-refractivity contribution in [3.05, 3.63) is 217 Å². The van der Waals surface area contributed by atoms with Crippen molar-refractivity contribution in [1.82, 2.24) is 0 Å². The second-order valence-electron chi connectivity index (χ2n) is 24.2. The largest absolute Gasteiger partial charge is 0.573 e. The molecule has 1 amide bonds. The van der Waals surface area contributed by atoms with Crippen LogP contribution < -0.4 is 58.7 Å². The Bertz CT molecular complexity index is 5670. The number of nitrogen functional groups attached to an aromatic ring is 6. The van der Waals surface area contributed by atoms with E-state index < -0.39 is 60.2 Å². The zero-order valence-electron chi connectivity index (χ0n) is 65.4. The molecule has 13 N–H and O–H groups in total. The number of esters is 6. The lowest BCUT2D eigenvalue weighted by molar-refractivity contribution is -0.275. The Morgan fingerprint density at radius 2 is 0.680 bits per heavy atom. The maximum Gasteiger partial charge on any atom is 0.573 e. The van der Waals surface area contributed by atoms with Crippen LogP contribution in [0.2, 0.25) is 0 Å². The average Bonchev–Trinajstić information content (AvgIpc) is 1.68. The van der Waals surface area contributed by atoms with Crippen molar-refractivity contribution in [2.45, 2.75) is 61.2 Å². The van der Waals surface area contributed by atoms with Crippen molar-refractivity contribution in [3.63, 3.8) is 0 Å². The molecule has 0 atom stereocenters. The van der Waals surface area contributed by atoms with Crippen molar-refractivity contribution in [2.24, 2.45) is 0 Å². The van der Waals surface area contributed by atoms with Crippen LogP contribution in [0.3, 0.4) is 0 Å². The van der Waals surface area contributed by atoms with Gasteiger partial charge in [0.1, 0.15) is 80.7 Å². The molecule has 0 saturated carbocycles. The van der Waals surface area contributed by atoms with Gasteiger partial charge in [0.2, 0.25) is 12.7 Å². The summed E-state index contributed by atoms with van der Waals surface area (Å²) in [5, 5.41) is 15.0.